The Morgan fingerprint density at radius 2 is 1.90 bits per heavy atom. The van der Waals surface area contributed by atoms with E-state index in [-0.39, 0.29) is 12.2 Å². The lowest BCUT2D eigenvalue weighted by atomic mass is 10.2. The molecule has 0 aliphatic carbocycles. The maximum absolute atomic E-state index is 12.4. The molecular formula is C13H27N3O3S. The van der Waals surface area contributed by atoms with Gasteiger partial charge in [0, 0.05) is 25.7 Å². The molecule has 0 saturated carbocycles. The standard InChI is InChI=1S/C13H27N3O3S/c1-4-15-7-5-6-13(15)8-14-20(17,18)16-9-11(2)19-12(3)10-16/h11-14H,4-10H2,1-3H3. The SMILES string of the molecule is CCN1CCCC1CNS(=O)(=O)N1CC(C)OC(C)C1. The van der Waals surface area contributed by atoms with Gasteiger partial charge in [-0.15, -0.1) is 0 Å². The van der Waals surface area contributed by atoms with Gasteiger partial charge in [0.25, 0.3) is 10.2 Å². The topological polar surface area (TPSA) is 61.9 Å². The van der Waals surface area contributed by atoms with Crippen LogP contribution in [-0.2, 0) is 14.9 Å². The van der Waals surface area contributed by atoms with Gasteiger partial charge in [0.2, 0.25) is 0 Å². The van der Waals surface area contributed by atoms with Crippen molar-refractivity contribution in [3.63, 3.8) is 0 Å². The molecule has 2 heterocycles. The van der Waals surface area contributed by atoms with E-state index in [0.717, 1.165) is 25.9 Å². The molecule has 2 fully saturated rings. The molecule has 2 aliphatic heterocycles. The van der Waals surface area contributed by atoms with E-state index < -0.39 is 10.2 Å². The molecule has 3 unspecified atom stereocenters. The van der Waals surface area contributed by atoms with E-state index in [9.17, 15) is 8.42 Å². The van der Waals surface area contributed by atoms with Crippen LogP contribution in [0, 0.1) is 0 Å². The summed E-state index contributed by atoms with van der Waals surface area (Å²) in [5, 5.41) is 0. The van der Waals surface area contributed by atoms with Gasteiger partial charge in [-0.3, -0.25) is 4.90 Å². The molecule has 7 heteroatoms. The van der Waals surface area contributed by atoms with Crippen LogP contribution in [0.25, 0.3) is 0 Å². The van der Waals surface area contributed by atoms with Crippen LogP contribution >= 0.6 is 0 Å². The zero-order valence-electron chi connectivity index (χ0n) is 12.7. The Bertz CT molecular complexity index is 405. The predicted molar refractivity (Wildman–Crippen MR) is 78.8 cm³/mol. The Morgan fingerprint density at radius 1 is 1.25 bits per heavy atom. The molecule has 2 aliphatic rings. The molecule has 118 valence electrons. The third-order valence-electron chi connectivity index (χ3n) is 4.13. The molecule has 2 saturated heterocycles. The van der Waals surface area contributed by atoms with Crippen molar-refractivity contribution in [1.82, 2.24) is 13.9 Å². The van der Waals surface area contributed by atoms with Crippen LogP contribution in [0.3, 0.4) is 0 Å². The fourth-order valence-electron chi connectivity index (χ4n) is 3.16. The van der Waals surface area contributed by atoms with Gasteiger partial charge in [-0.05, 0) is 39.8 Å². The lowest BCUT2D eigenvalue weighted by Gasteiger charge is -2.34. The van der Waals surface area contributed by atoms with Gasteiger partial charge in [-0.2, -0.15) is 12.7 Å². The Labute approximate surface area is 122 Å². The second-order valence-corrected chi connectivity index (χ2v) is 7.61. The molecule has 3 atom stereocenters. The molecule has 0 aromatic heterocycles. The highest BCUT2D eigenvalue weighted by Crippen LogP contribution is 2.17. The summed E-state index contributed by atoms with van der Waals surface area (Å²) in [5.41, 5.74) is 0. The largest absolute Gasteiger partial charge is 0.373 e. The number of nitrogens with zero attached hydrogens (tertiary/aromatic N) is 2. The normalized spacial score (nSPS) is 33.6. The average Bonchev–Trinajstić information content (AvgIpc) is 2.82. The maximum atomic E-state index is 12.4. The zero-order valence-corrected chi connectivity index (χ0v) is 13.5. The summed E-state index contributed by atoms with van der Waals surface area (Å²) in [4.78, 5) is 2.34. The highest BCUT2D eigenvalue weighted by molar-refractivity contribution is 7.87. The molecular weight excluding hydrogens is 278 g/mol. The Kier molecular flexibility index (Phi) is 5.42. The number of likely N-dealkylation sites (N-methyl/N-ethyl adjacent to an activating group) is 1. The van der Waals surface area contributed by atoms with E-state index in [1.807, 2.05) is 13.8 Å². The molecule has 0 spiro atoms. The quantitative estimate of drug-likeness (QED) is 0.799. The van der Waals surface area contributed by atoms with Gasteiger partial charge in [-0.25, -0.2) is 4.72 Å². The maximum Gasteiger partial charge on any atom is 0.279 e. The summed E-state index contributed by atoms with van der Waals surface area (Å²) in [6.07, 6.45) is 2.14. The summed E-state index contributed by atoms with van der Waals surface area (Å²) in [7, 11) is -3.39. The van der Waals surface area contributed by atoms with Crippen molar-refractivity contribution in [2.24, 2.45) is 0 Å². The molecule has 0 amide bonds. The minimum atomic E-state index is -3.39. The molecule has 6 nitrogen and oxygen atoms in total. The van der Waals surface area contributed by atoms with Gasteiger partial charge in [0.1, 0.15) is 0 Å². The molecule has 20 heavy (non-hydrogen) atoms. The van der Waals surface area contributed by atoms with E-state index in [1.165, 1.54) is 4.31 Å². The smallest absolute Gasteiger partial charge is 0.279 e. The van der Waals surface area contributed by atoms with Crippen LogP contribution in [0.4, 0.5) is 0 Å². The van der Waals surface area contributed by atoms with Gasteiger partial charge in [-0.1, -0.05) is 6.92 Å². The summed E-state index contributed by atoms with van der Waals surface area (Å²) in [6.45, 7) is 9.38. The van der Waals surface area contributed by atoms with Crippen molar-refractivity contribution in [2.75, 3.05) is 32.7 Å². The summed E-state index contributed by atoms with van der Waals surface area (Å²) >= 11 is 0. The number of rotatable bonds is 5. The minimum absolute atomic E-state index is 0.0473. The van der Waals surface area contributed by atoms with Crippen LogP contribution in [0.5, 0.6) is 0 Å². The highest BCUT2D eigenvalue weighted by atomic mass is 32.2. The average molecular weight is 305 g/mol. The van der Waals surface area contributed by atoms with E-state index >= 15 is 0 Å². The molecule has 2 rings (SSSR count). The van der Waals surface area contributed by atoms with Crippen LogP contribution in [-0.4, -0.2) is 68.6 Å². The Hall–Kier alpha value is -0.210. The van der Waals surface area contributed by atoms with Crippen molar-refractivity contribution in [2.45, 2.75) is 51.9 Å². The first-order chi connectivity index (χ1) is 9.42. The molecule has 0 aromatic carbocycles. The van der Waals surface area contributed by atoms with Crippen LogP contribution in [0.1, 0.15) is 33.6 Å². The van der Waals surface area contributed by atoms with Gasteiger partial charge in [0.15, 0.2) is 0 Å². The number of morpholine rings is 1. The molecule has 1 N–H and O–H groups in total. The van der Waals surface area contributed by atoms with Crippen molar-refractivity contribution in [3.8, 4) is 0 Å². The Balaban J connectivity index is 1.90. The Morgan fingerprint density at radius 3 is 2.50 bits per heavy atom. The summed E-state index contributed by atoms with van der Waals surface area (Å²) < 4.78 is 34.6. The summed E-state index contributed by atoms with van der Waals surface area (Å²) in [5.74, 6) is 0. The van der Waals surface area contributed by atoms with Gasteiger partial charge < -0.3 is 4.74 Å². The lowest BCUT2D eigenvalue weighted by Crippen LogP contribution is -2.53. The van der Waals surface area contributed by atoms with Crippen molar-refractivity contribution in [1.29, 1.82) is 0 Å². The number of likely N-dealkylation sites (tertiary alicyclic amines) is 1. The van der Waals surface area contributed by atoms with Crippen molar-refractivity contribution >= 4 is 10.2 Å². The van der Waals surface area contributed by atoms with Crippen molar-refractivity contribution in [3.05, 3.63) is 0 Å². The summed E-state index contributed by atoms with van der Waals surface area (Å²) in [6, 6.07) is 0.339. The van der Waals surface area contributed by atoms with E-state index in [2.05, 4.69) is 16.5 Å². The number of hydrogen-bond donors (Lipinski definition) is 1. The van der Waals surface area contributed by atoms with Crippen LogP contribution < -0.4 is 4.72 Å². The monoisotopic (exact) mass is 305 g/mol. The number of hydrogen-bond acceptors (Lipinski definition) is 4. The van der Waals surface area contributed by atoms with Crippen molar-refractivity contribution < 1.29 is 13.2 Å². The van der Waals surface area contributed by atoms with Gasteiger partial charge >= 0.3 is 0 Å². The third-order valence-corrected chi connectivity index (χ3v) is 5.64. The van der Waals surface area contributed by atoms with E-state index in [4.69, 9.17) is 4.74 Å². The first-order valence-corrected chi connectivity index (χ1v) is 9.00. The molecule has 0 aromatic rings. The molecule has 0 bridgehead atoms. The first-order valence-electron chi connectivity index (χ1n) is 7.56. The number of nitrogens with one attached hydrogen (secondary N) is 1. The minimum Gasteiger partial charge on any atom is -0.373 e. The first kappa shape index (κ1) is 16.2. The molecule has 0 radical (unpaired) electrons. The highest BCUT2D eigenvalue weighted by Gasteiger charge is 2.32. The second kappa shape index (κ2) is 6.70. The van der Waals surface area contributed by atoms with Crippen LogP contribution in [0.2, 0.25) is 0 Å². The fraction of sp³-hybridized carbons (Fsp3) is 1.00. The lowest BCUT2D eigenvalue weighted by molar-refractivity contribution is -0.0444. The number of ether oxygens (including phenoxy) is 1. The van der Waals surface area contributed by atoms with E-state index in [1.54, 1.807) is 0 Å². The van der Waals surface area contributed by atoms with Gasteiger partial charge in [0.05, 0.1) is 12.2 Å². The third kappa shape index (κ3) is 3.92. The zero-order chi connectivity index (χ0) is 14.8. The predicted octanol–water partition coefficient (Wildman–Crippen LogP) is 0.414. The second-order valence-electron chi connectivity index (χ2n) is 5.85. The van der Waals surface area contributed by atoms with E-state index in [0.29, 0.717) is 25.7 Å². The fourth-order valence-corrected chi connectivity index (χ4v) is 4.56. The van der Waals surface area contributed by atoms with Crippen LogP contribution in [0.15, 0.2) is 0 Å².